The highest BCUT2D eigenvalue weighted by molar-refractivity contribution is 5.66. The summed E-state index contributed by atoms with van der Waals surface area (Å²) in [6, 6.07) is 0. The summed E-state index contributed by atoms with van der Waals surface area (Å²) in [6.45, 7) is 2.16. The summed E-state index contributed by atoms with van der Waals surface area (Å²) < 4.78 is 0. The number of carbonyl (C=O) groups is 1. The average Bonchev–Trinajstić information content (AvgIpc) is 2.89. The van der Waals surface area contributed by atoms with E-state index in [0.717, 1.165) is 64.2 Å². The van der Waals surface area contributed by atoms with Crippen molar-refractivity contribution in [1.29, 1.82) is 0 Å². The lowest BCUT2D eigenvalue weighted by atomic mass is 9.88. The monoisotopic (exact) mass is 340 g/mol. The zero-order valence-corrected chi connectivity index (χ0v) is 15.2. The molecule has 1 saturated carbocycles. The van der Waals surface area contributed by atoms with Crippen LogP contribution in [0.5, 0.6) is 0 Å². The second kappa shape index (κ2) is 12.5. The highest BCUT2D eigenvalue weighted by Crippen LogP contribution is 2.36. The molecule has 0 unspecified atom stereocenters. The molecule has 0 saturated heterocycles. The Morgan fingerprint density at radius 3 is 2.58 bits per heavy atom. The van der Waals surface area contributed by atoms with Gasteiger partial charge in [0.15, 0.2) is 0 Å². The minimum atomic E-state index is -0.719. The lowest BCUT2D eigenvalue weighted by molar-refractivity contribution is -0.137. The molecule has 0 aromatic carbocycles. The Kier molecular flexibility index (Phi) is 11.0. The van der Waals surface area contributed by atoms with E-state index in [-0.39, 0.29) is 18.6 Å². The van der Waals surface area contributed by atoms with E-state index < -0.39 is 5.97 Å². The third-order valence-electron chi connectivity index (χ3n) is 5.20. The van der Waals surface area contributed by atoms with E-state index in [0.29, 0.717) is 11.8 Å². The number of aliphatic hydroxyl groups is 2. The molecular weight excluding hydrogens is 304 g/mol. The molecule has 1 aliphatic rings. The number of rotatable bonds is 13. The molecule has 0 radical (unpaired) electrons. The van der Waals surface area contributed by atoms with Crippen molar-refractivity contribution in [1.82, 2.24) is 0 Å². The van der Waals surface area contributed by atoms with Gasteiger partial charge in [-0.2, -0.15) is 0 Å². The SMILES string of the molecule is CCCCC[C@@H](O)C=C[C@H]1CC[C@H](O)[C@@H]1CCCCCCC(=O)O. The van der Waals surface area contributed by atoms with Crippen molar-refractivity contribution in [3.05, 3.63) is 12.2 Å². The van der Waals surface area contributed by atoms with Crippen LogP contribution in [0.2, 0.25) is 0 Å². The number of unbranched alkanes of at least 4 members (excludes halogenated alkanes) is 5. The van der Waals surface area contributed by atoms with Gasteiger partial charge in [-0.05, 0) is 43.9 Å². The molecular formula is C20H36O4. The zero-order valence-electron chi connectivity index (χ0n) is 15.2. The molecule has 0 aromatic heterocycles. The van der Waals surface area contributed by atoms with Crippen molar-refractivity contribution >= 4 is 5.97 Å². The number of aliphatic carboxylic acids is 1. The number of hydrogen-bond acceptors (Lipinski definition) is 3. The van der Waals surface area contributed by atoms with Gasteiger partial charge in [-0.25, -0.2) is 0 Å². The molecule has 3 N–H and O–H groups in total. The molecule has 4 heteroatoms. The van der Waals surface area contributed by atoms with Gasteiger partial charge in [0.05, 0.1) is 12.2 Å². The molecule has 4 nitrogen and oxygen atoms in total. The first-order valence-corrected chi connectivity index (χ1v) is 9.80. The van der Waals surface area contributed by atoms with E-state index >= 15 is 0 Å². The largest absolute Gasteiger partial charge is 0.481 e. The Morgan fingerprint density at radius 1 is 1.12 bits per heavy atom. The molecule has 4 atom stereocenters. The van der Waals surface area contributed by atoms with E-state index in [9.17, 15) is 15.0 Å². The molecule has 140 valence electrons. The van der Waals surface area contributed by atoms with E-state index in [4.69, 9.17) is 5.11 Å². The summed E-state index contributed by atoms with van der Waals surface area (Å²) in [7, 11) is 0. The maximum Gasteiger partial charge on any atom is 0.303 e. The van der Waals surface area contributed by atoms with Crippen molar-refractivity contribution in [2.24, 2.45) is 11.8 Å². The van der Waals surface area contributed by atoms with Crippen molar-refractivity contribution in [2.75, 3.05) is 0 Å². The van der Waals surface area contributed by atoms with Crippen LogP contribution in [0.4, 0.5) is 0 Å². The van der Waals surface area contributed by atoms with Crippen molar-refractivity contribution < 1.29 is 20.1 Å². The second-order valence-electron chi connectivity index (χ2n) is 7.27. The van der Waals surface area contributed by atoms with Crippen LogP contribution >= 0.6 is 0 Å². The maximum absolute atomic E-state index is 10.5. The lowest BCUT2D eigenvalue weighted by Crippen LogP contribution is -2.18. The number of carboxylic acid groups (broad SMARTS) is 1. The standard InChI is InChI=1S/C20H36O4/c1-2-3-6-9-17(21)14-12-16-13-15-19(22)18(16)10-7-4-5-8-11-20(23)24/h12,14,16-19,21-22H,2-11,13,15H2,1H3,(H,23,24)/t16-,17+,18+,19-/m0/s1. The van der Waals surface area contributed by atoms with Crippen LogP contribution in [0.15, 0.2) is 12.2 Å². The van der Waals surface area contributed by atoms with Gasteiger partial charge in [-0.3, -0.25) is 4.79 Å². The Hall–Kier alpha value is -0.870. The Balaban J connectivity index is 2.27. The molecule has 1 fully saturated rings. The van der Waals surface area contributed by atoms with Gasteiger partial charge >= 0.3 is 5.97 Å². The van der Waals surface area contributed by atoms with Crippen LogP contribution in [0, 0.1) is 11.8 Å². The minimum absolute atomic E-state index is 0.226. The van der Waals surface area contributed by atoms with E-state index in [1.165, 1.54) is 6.42 Å². The Labute approximate surface area is 147 Å². The van der Waals surface area contributed by atoms with Crippen LogP contribution in [-0.2, 0) is 4.79 Å². The summed E-state index contributed by atoms with van der Waals surface area (Å²) in [5.74, 6) is -0.0488. The van der Waals surface area contributed by atoms with Crippen LogP contribution in [0.25, 0.3) is 0 Å². The number of carboxylic acids is 1. The van der Waals surface area contributed by atoms with Crippen LogP contribution < -0.4 is 0 Å². The third kappa shape index (κ3) is 8.84. The molecule has 24 heavy (non-hydrogen) atoms. The minimum Gasteiger partial charge on any atom is -0.481 e. The normalized spacial score (nSPS) is 25.4. The predicted molar refractivity (Wildman–Crippen MR) is 96.8 cm³/mol. The van der Waals surface area contributed by atoms with Gasteiger partial charge in [0.1, 0.15) is 0 Å². The van der Waals surface area contributed by atoms with Gasteiger partial charge < -0.3 is 15.3 Å². The summed E-state index contributed by atoms with van der Waals surface area (Å²) in [5.41, 5.74) is 0. The van der Waals surface area contributed by atoms with E-state index in [1.807, 2.05) is 6.08 Å². The fourth-order valence-electron chi connectivity index (χ4n) is 3.70. The fraction of sp³-hybridized carbons (Fsp3) is 0.850. The molecule has 1 rings (SSSR count). The Morgan fingerprint density at radius 2 is 1.88 bits per heavy atom. The van der Waals surface area contributed by atoms with Crippen LogP contribution in [0.1, 0.15) is 84.0 Å². The fourth-order valence-corrected chi connectivity index (χ4v) is 3.70. The van der Waals surface area contributed by atoms with E-state index in [1.54, 1.807) is 0 Å². The zero-order chi connectivity index (χ0) is 17.8. The quantitative estimate of drug-likeness (QED) is 0.345. The van der Waals surface area contributed by atoms with Gasteiger partial charge in [0, 0.05) is 6.42 Å². The first-order valence-electron chi connectivity index (χ1n) is 9.80. The molecule has 0 heterocycles. The number of aliphatic hydroxyl groups excluding tert-OH is 2. The molecule has 0 aliphatic heterocycles. The average molecular weight is 341 g/mol. The third-order valence-corrected chi connectivity index (χ3v) is 5.20. The van der Waals surface area contributed by atoms with Crippen molar-refractivity contribution in [2.45, 2.75) is 96.2 Å². The van der Waals surface area contributed by atoms with Gasteiger partial charge in [-0.15, -0.1) is 0 Å². The summed E-state index contributed by atoms with van der Waals surface area (Å²) >= 11 is 0. The van der Waals surface area contributed by atoms with Gasteiger partial charge in [-0.1, -0.05) is 57.6 Å². The molecule has 0 amide bonds. The molecule has 0 aromatic rings. The van der Waals surface area contributed by atoms with E-state index in [2.05, 4.69) is 13.0 Å². The summed E-state index contributed by atoms with van der Waals surface area (Å²) in [4.78, 5) is 10.5. The van der Waals surface area contributed by atoms with Gasteiger partial charge in [0.25, 0.3) is 0 Å². The Bertz CT molecular complexity index is 367. The molecule has 0 spiro atoms. The van der Waals surface area contributed by atoms with Gasteiger partial charge in [0.2, 0.25) is 0 Å². The molecule has 1 aliphatic carbocycles. The first-order chi connectivity index (χ1) is 11.5. The molecule has 0 bridgehead atoms. The van der Waals surface area contributed by atoms with Crippen molar-refractivity contribution in [3.63, 3.8) is 0 Å². The van der Waals surface area contributed by atoms with Crippen LogP contribution in [-0.4, -0.2) is 33.5 Å². The second-order valence-corrected chi connectivity index (χ2v) is 7.27. The summed E-state index contributed by atoms with van der Waals surface area (Å²) in [5, 5.41) is 28.8. The topological polar surface area (TPSA) is 77.8 Å². The highest BCUT2D eigenvalue weighted by Gasteiger charge is 2.32. The highest BCUT2D eigenvalue weighted by atomic mass is 16.4. The summed E-state index contributed by atoms with van der Waals surface area (Å²) in [6.07, 6.45) is 14.6. The first kappa shape index (κ1) is 21.2. The maximum atomic E-state index is 10.5. The predicted octanol–water partition coefficient (Wildman–Crippen LogP) is 4.30. The van der Waals surface area contributed by atoms with Crippen molar-refractivity contribution in [3.8, 4) is 0 Å². The lowest BCUT2D eigenvalue weighted by Gasteiger charge is -2.20. The smallest absolute Gasteiger partial charge is 0.303 e. The number of allylic oxidation sites excluding steroid dienone is 1. The number of hydrogen-bond donors (Lipinski definition) is 3. The van der Waals surface area contributed by atoms with Crippen LogP contribution in [0.3, 0.4) is 0 Å².